The fourth-order valence-corrected chi connectivity index (χ4v) is 3.69. The number of carbonyl (C=O) groups excluding carboxylic acids is 2. The highest BCUT2D eigenvalue weighted by atomic mass is 35.5. The Morgan fingerprint density at radius 1 is 1.11 bits per heavy atom. The van der Waals surface area contributed by atoms with Gasteiger partial charge >= 0.3 is 0 Å². The maximum absolute atomic E-state index is 12.6. The quantitative estimate of drug-likeness (QED) is 0.636. The monoisotopic (exact) mass is 413 g/mol. The normalized spacial score (nSPS) is 11.7. The number of thiazole rings is 1. The van der Waals surface area contributed by atoms with Gasteiger partial charge in [0.1, 0.15) is 15.9 Å². The van der Waals surface area contributed by atoms with Gasteiger partial charge in [-0.05, 0) is 31.5 Å². The molecule has 7 heteroatoms. The van der Waals surface area contributed by atoms with Gasteiger partial charge in [0.05, 0.1) is 5.69 Å². The van der Waals surface area contributed by atoms with Crippen LogP contribution in [0.4, 0.5) is 0 Å². The molecule has 0 aliphatic rings. The van der Waals surface area contributed by atoms with Gasteiger partial charge < -0.3 is 10.6 Å². The number of nitrogens with one attached hydrogen (secondary N) is 2. The maximum Gasteiger partial charge on any atom is 0.263 e. The summed E-state index contributed by atoms with van der Waals surface area (Å²) in [6, 6.07) is 16.3. The lowest BCUT2D eigenvalue weighted by molar-refractivity contribution is -0.122. The Morgan fingerprint density at radius 3 is 2.46 bits per heavy atom. The summed E-state index contributed by atoms with van der Waals surface area (Å²) in [4.78, 5) is 29.9. The molecule has 1 unspecified atom stereocenters. The standard InChI is InChI=1S/C21H20ClN3O2S/c1-13-18(28-21(25-13)16-8-10-17(22)11-9-16)20(27)24-14(2)19(26)23-12-15-6-4-3-5-7-15/h3-11,14H,12H2,1-2H3,(H,23,26)(H,24,27). The molecule has 0 spiro atoms. The van der Waals surface area contributed by atoms with Gasteiger partial charge in [-0.3, -0.25) is 9.59 Å². The fourth-order valence-electron chi connectivity index (χ4n) is 2.59. The zero-order chi connectivity index (χ0) is 20.1. The predicted molar refractivity (Wildman–Crippen MR) is 113 cm³/mol. The summed E-state index contributed by atoms with van der Waals surface area (Å²) in [7, 11) is 0. The van der Waals surface area contributed by atoms with Crippen LogP contribution in [0.5, 0.6) is 0 Å². The van der Waals surface area contributed by atoms with Gasteiger partial charge in [0.15, 0.2) is 0 Å². The minimum Gasteiger partial charge on any atom is -0.350 e. The SMILES string of the molecule is Cc1nc(-c2ccc(Cl)cc2)sc1C(=O)NC(C)C(=O)NCc1ccccc1. The Bertz CT molecular complexity index is 971. The molecule has 2 aromatic carbocycles. The predicted octanol–water partition coefficient (Wildman–Crippen LogP) is 4.21. The number of aryl methyl sites for hydroxylation is 1. The molecule has 0 fully saturated rings. The number of hydrogen-bond acceptors (Lipinski definition) is 4. The zero-order valence-corrected chi connectivity index (χ0v) is 17.1. The van der Waals surface area contributed by atoms with Gasteiger partial charge in [0.2, 0.25) is 5.91 Å². The van der Waals surface area contributed by atoms with Crippen LogP contribution in [0, 0.1) is 6.92 Å². The second-order valence-electron chi connectivity index (χ2n) is 6.34. The van der Waals surface area contributed by atoms with E-state index < -0.39 is 6.04 Å². The van der Waals surface area contributed by atoms with Gasteiger partial charge in [-0.2, -0.15) is 0 Å². The van der Waals surface area contributed by atoms with Crippen molar-refractivity contribution in [1.82, 2.24) is 15.6 Å². The van der Waals surface area contributed by atoms with Crippen LogP contribution in [0.25, 0.3) is 10.6 Å². The zero-order valence-electron chi connectivity index (χ0n) is 15.5. The minimum atomic E-state index is -0.656. The molecule has 0 saturated carbocycles. The molecule has 2 amide bonds. The van der Waals surface area contributed by atoms with Crippen LogP contribution in [0.15, 0.2) is 54.6 Å². The third-order valence-electron chi connectivity index (χ3n) is 4.14. The van der Waals surface area contributed by atoms with E-state index in [1.807, 2.05) is 42.5 Å². The molecule has 0 radical (unpaired) electrons. The lowest BCUT2D eigenvalue weighted by Crippen LogP contribution is -2.44. The van der Waals surface area contributed by atoms with Crippen molar-refractivity contribution in [3.8, 4) is 10.6 Å². The lowest BCUT2D eigenvalue weighted by atomic mass is 10.2. The summed E-state index contributed by atoms with van der Waals surface area (Å²) < 4.78 is 0. The molecule has 3 rings (SSSR count). The van der Waals surface area contributed by atoms with Crippen LogP contribution in [0.2, 0.25) is 5.02 Å². The number of benzene rings is 2. The Kier molecular flexibility index (Phi) is 6.44. The van der Waals surface area contributed by atoms with Gasteiger partial charge in [0.25, 0.3) is 5.91 Å². The summed E-state index contributed by atoms with van der Waals surface area (Å²) in [6.07, 6.45) is 0. The Balaban J connectivity index is 1.62. The average Bonchev–Trinajstić information content (AvgIpc) is 3.09. The number of rotatable bonds is 6. The van der Waals surface area contributed by atoms with Gasteiger partial charge in [-0.15, -0.1) is 11.3 Å². The van der Waals surface area contributed by atoms with Gasteiger partial charge in [-0.1, -0.05) is 54.1 Å². The Hall–Kier alpha value is -2.70. The van der Waals surface area contributed by atoms with E-state index in [1.54, 1.807) is 26.0 Å². The molecule has 0 saturated heterocycles. The molecule has 0 bridgehead atoms. The molecule has 1 atom stereocenters. The summed E-state index contributed by atoms with van der Waals surface area (Å²) >= 11 is 7.21. The minimum absolute atomic E-state index is 0.239. The summed E-state index contributed by atoms with van der Waals surface area (Å²) in [5.41, 5.74) is 2.52. The molecule has 2 N–H and O–H groups in total. The molecule has 3 aromatic rings. The molecular weight excluding hydrogens is 394 g/mol. The first-order valence-electron chi connectivity index (χ1n) is 8.80. The van der Waals surface area contributed by atoms with Crippen LogP contribution in [-0.2, 0) is 11.3 Å². The number of nitrogens with zero attached hydrogens (tertiary/aromatic N) is 1. The highest BCUT2D eigenvalue weighted by Gasteiger charge is 2.21. The van der Waals surface area contributed by atoms with Gasteiger partial charge in [-0.25, -0.2) is 4.98 Å². The van der Waals surface area contributed by atoms with Crippen molar-refractivity contribution >= 4 is 34.8 Å². The summed E-state index contributed by atoms with van der Waals surface area (Å²) in [5.74, 6) is -0.546. The highest BCUT2D eigenvalue weighted by Crippen LogP contribution is 2.28. The molecular formula is C21H20ClN3O2S. The number of carbonyl (C=O) groups is 2. The van der Waals surface area contributed by atoms with Crippen LogP contribution in [0.3, 0.4) is 0 Å². The van der Waals surface area contributed by atoms with Crippen LogP contribution in [0.1, 0.15) is 27.9 Å². The molecule has 0 aliphatic heterocycles. The van der Waals surface area contributed by atoms with Crippen molar-refractivity contribution < 1.29 is 9.59 Å². The Labute approximate surface area is 172 Å². The second kappa shape index (κ2) is 8.99. The molecule has 1 heterocycles. The third-order valence-corrected chi connectivity index (χ3v) is 5.60. The topological polar surface area (TPSA) is 71.1 Å². The first-order valence-corrected chi connectivity index (χ1v) is 9.99. The number of halogens is 1. The van der Waals surface area contributed by atoms with Crippen molar-refractivity contribution in [3.05, 3.63) is 75.8 Å². The maximum atomic E-state index is 12.6. The van der Waals surface area contributed by atoms with E-state index in [9.17, 15) is 9.59 Å². The van der Waals surface area contributed by atoms with Crippen LogP contribution >= 0.6 is 22.9 Å². The van der Waals surface area contributed by atoms with E-state index in [0.29, 0.717) is 22.1 Å². The molecule has 28 heavy (non-hydrogen) atoms. The van der Waals surface area contributed by atoms with E-state index in [4.69, 9.17) is 11.6 Å². The number of amides is 2. The van der Waals surface area contributed by atoms with E-state index in [0.717, 1.165) is 16.1 Å². The lowest BCUT2D eigenvalue weighted by Gasteiger charge is -2.13. The van der Waals surface area contributed by atoms with Crippen LogP contribution in [-0.4, -0.2) is 22.8 Å². The van der Waals surface area contributed by atoms with Crippen molar-refractivity contribution in [2.24, 2.45) is 0 Å². The second-order valence-corrected chi connectivity index (χ2v) is 7.77. The average molecular weight is 414 g/mol. The van der Waals surface area contributed by atoms with E-state index in [2.05, 4.69) is 15.6 Å². The van der Waals surface area contributed by atoms with Crippen molar-refractivity contribution in [2.45, 2.75) is 26.4 Å². The molecule has 0 aliphatic carbocycles. The highest BCUT2D eigenvalue weighted by molar-refractivity contribution is 7.17. The molecule has 1 aromatic heterocycles. The summed E-state index contributed by atoms with van der Waals surface area (Å²) in [5, 5.41) is 6.95. The van der Waals surface area contributed by atoms with Crippen molar-refractivity contribution in [1.29, 1.82) is 0 Å². The van der Waals surface area contributed by atoms with E-state index in [1.165, 1.54) is 11.3 Å². The summed E-state index contributed by atoms with van der Waals surface area (Å²) in [6.45, 7) is 3.86. The number of aromatic nitrogens is 1. The first-order chi connectivity index (χ1) is 13.4. The van der Waals surface area contributed by atoms with Crippen molar-refractivity contribution in [3.63, 3.8) is 0 Å². The third kappa shape index (κ3) is 4.97. The Morgan fingerprint density at radius 2 is 1.79 bits per heavy atom. The van der Waals surface area contributed by atoms with Crippen LogP contribution < -0.4 is 10.6 Å². The fraction of sp³-hybridized carbons (Fsp3) is 0.190. The largest absolute Gasteiger partial charge is 0.350 e. The number of hydrogen-bond donors (Lipinski definition) is 2. The van der Waals surface area contributed by atoms with E-state index >= 15 is 0 Å². The smallest absolute Gasteiger partial charge is 0.263 e. The van der Waals surface area contributed by atoms with Gasteiger partial charge in [0, 0.05) is 17.1 Å². The first kappa shape index (κ1) is 20.0. The van der Waals surface area contributed by atoms with Crippen molar-refractivity contribution in [2.75, 3.05) is 0 Å². The molecule has 144 valence electrons. The van der Waals surface area contributed by atoms with E-state index in [-0.39, 0.29) is 11.8 Å². The molecule has 5 nitrogen and oxygen atoms in total.